The van der Waals surface area contributed by atoms with Crippen molar-refractivity contribution in [3.8, 4) is 0 Å². The Hall–Kier alpha value is -0.280. The van der Waals surface area contributed by atoms with Crippen LogP contribution in [0, 0.1) is 5.92 Å². The molecule has 0 amide bonds. The summed E-state index contributed by atoms with van der Waals surface area (Å²) in [5.41, 5.74) is 6.65. The minimum Gasteiger partial charge on any atom is -0.373 e. The predicted octanol–water partition coefficient (Wildman–Crippen LogP) is 3.03. The van der Waals surface area contributed by atoms with Crippen LogP contribution in [-0.2, 0) is 4.74 Å². The molecule has 0 spiro atoms. The lowest BCUT2D eigenvalue weighted by Crippen LogP contribution is -2.18. The summed E-state index contributed by atoms with van der Waals surface area (Å²) < 4.78 is 5.66. The average molecular weight is 246 g/mol. The maximum absolute atomic E-state index is 6.12. The number of benzene rings is 1. The molecule has 2 nitrogen and oxygen atoms in total. The Balaban J connectivity index is 2.31. The third kappa shape index (κ3) is 2.28. The molecule has 1 aliphatic heterocycles. The molecule has 1 fully saturated rings. The molecule has 0 aliphatic carbocycles. The Morgan fingerprint density at radius 1 is 1.40 bits per heavy atom. The quantitative estimate of drug-likeness (QED) is 0.870. The lowest BCUT2D eigenvalue weighted by molar-refractivity contribution is 0.0926. The third-order valence-electron chi connectivity index (χ3n) is 2.78. The Labute approximate surface area is 99.3 Å². The number of nitrogens with two attached hydrogens (primary N) is 1. The molecular formula is C11H13Cl2NO. The monoisotopic (exact) mass is 245 g/mol. The molecule has 0 radical (unpaired) electrons. The highest BCUT2D eigenvalue weighted by Crippen LogP contribution is 2.38. The minimum atomic E-state index is 0.00111. The molecule has 2 unspecified atom stereocenters. The van der Waals surface area contributed by atoms with Crippen LogP contribution >= 0.6 is 23.2 Å². The molecule has 2 N–H and O–H groups in total. The zero-order chi connectivity index (χ0) is 10.8. The summed E-state index contributed by atoms with van der Waals surface area (Å²) in [4.78, 5) is 0. The van der Waals surface area contributed by atoms with Gasteiger partial charge in [0.1, 0.15) is 0 Å². The van der Waals surface area contributed by atoms with Crippen LogP contribution in [0.1, 0.15) is 18.1 Å². The van der Waals surface area contributed by atoms with E-state index in [4.69, 9.17) is 33.7 Å². The van der Waals surface area contributed by atoms with Crippen LogP contribution in [0.15, 0.2) is 18.2 Å². The highest BCUT2D eigenvalue weighted by atomic mass is 35.5. The van der Waals surface area contributed by atoms with Gasteiger partial charge < -0.3 is 10.5 Å². The minimum absolute atomic E-state index is 0.00111. The van der Waals surface area contributed by atoms with E-state index >= 15 is 0 Å². The second-order valence-corrected chi connectivity index (χ2v) is 4.59. The van der Waals surface area contributed by atoms with E-state index in [-0.39, 0.29) is 6.10 Å². The summed E-state index contributed by atoms with van der Waals surface area (Å²) in [6, 6.07) is 5.44. The Morgan fingerprint density at radius 2 is 2.20 bits per heavy atom. The highest BCUT2D eigenvalue weighted by molar-refractivity contribution is 6.33. The predicted molar refractivity (Wildman–Crippen MR) is 62.3 cm³/mol. The van der Waals surface area contributed by atoms with Crippen LogP contribution in [0.3, 0.4) is 0 Å². The molecule has 1 saturated heterocycles. The number of hydrogen-bond donors (Lipinski definition) is 1. The molecule has 0 saturated carbocycles. The number of rotatable bonds is 2. The van der Waals surface area contributed by atoms with Crippen molar-refractivity contribution in [2.45, 2.75) is 12.5 Å². The van der Waals surface area contributed by atoms with Crippen LogP contribution in [0.25, 0.3) is 0 Å². The van der Waals surface area contributed by atoms with Crippen LogP contribution in [-0.4, -0.2) is 13.2 Å². The van der Waals surface area contributed by atoms with E-state index < -0.39 is 0 Å². The Bertz CT molecular complexity index is 356. The van der Waals surface area contributed by atoms with E-state index in [1.807, 2.05) is 6.07 Å². The molecule has 1 heterocycles. The van der Waals surface area contributed by atoms with Gasteiger partial charge in [-0.25, -0.2) is 0 Å². The first-order chi connectivity index (χ1) is 7.22. The van der Waals surface area contributed by atoms with E-state index in [0.717, 1.165) is 18.6 Å². The van der Waals surface area contributed by atoms with Crippen molar-refractivity contribution in [2.75, 3.05) is 13.2 Å². The van der Waals surface area contributed by atoms with E-state index in [9.17, 15) is 0 Å². The van der Waals surface area contributed by atoms with Gasteiger partial charge in [-0.2, -0.15) is 0 Å². The lowest BCUT2D eigenvalue weighted by atomic mass is 9.95. The fourth-order valence-electron chi connectivity index (χ4n) is 1.95. The third-order valence-corrected chi connectivity index (χ3v) is 3.36. The van der Waals surface area contributed by atoms with Gasteiger partial charge in [0.05, 0.1) is 6.10 Å². The second-order valence-electron chi connectivity index (χ2n) is 3.74. The number of hydrogen-bond acceptors (Lipinski definition) is 2. The molecule has 2 rings (SSSR count). The maximum atomic E-state index is 6.12. The van der Waals surface area contributed by atoms with Gasteiger partial charge in [0.25, 0.3) is 0 Å². The fraction of sp³-hybridized carbons (Fsp3) is 0.455. The van der Waals surface area contributed by atoms with Gasteiger partial charge in [-0.15, -0.1) is 0 Å². The van der Waals surface area contributed by atoms with E-state index in [0.29, 0.717) is 22.5 Å². The lowest BCUT2D eigenvalue weighted by Gasteiger charge is -2.18. The molecule has 82 valence electrons. The molecule has 0 bridgehead atoms. The van der Waals surface area contributed by atoms with Crippen molar-refractivity contribution in [3.05, 3.63) is 33.8 Å². The van der Waals surface area contributed by atoms with Crippen molar-refractivity contribution in [2.24, 2.45) is 11.7 Å². The first-order valence-electron chi connectivity index (χ1n) is 4.99. The molecule has 1 aliphatic rings. The second kappa shape index (κ2) is 4.71. The van der Waals surface area contributed by atoms with Gasteiger partial charge >= 0.3 is 0 Å². The summed E-state index contributed by atoms with van der Waals surface area (Å²) in [6.07, 6.45) is 0.991. The topological polar surface area (TPSA) is 35.2 Å². The summed E-state index contributed by atoms with van der Waals surface area (Å²) in [5.74, 6) is 0.348. The summed E-state index contributed by atoms with van der Waals surface area (Å²) in [6.45, 7) is 1.36. The Morgan fingerprint density at radius 3 is 2.93 bits per heavy atom. The van der Waals surface area contributed by atoms with Crippen molar-refractivity contribution in [3.63, 3.8) is 0 Å². The molecule has 1 aromatic rings. The van der Waals surface area contributed by atoms with Crippen LogP contribution < -0.4 is 5.73 Å². The van der Waals surface area contributed by atoms with Crippen LogP contribution in [0.2, 0.25) is 10.0 Å². The van der Waals surface area contributed by atoms with Crippen molar-refractivity contribution >= 4 is 23.2 Å². The average Bonchev–Trinajstić information content (AvgIpc) is 2.69. The first kappa shape index (κ1) is 11.2. The summed E-state index contributed by atoms with van der Waals surface area (Å²) >= 11 is 12.1. The van der Waals surface area contributed by atoms with Gasteiger partial charge in [0, 0.05) is 28.1 Å². The van der Waals surface area contributed by atoms with Crippen molar-refractivity contribution in [1.29, 1.82) is 0 Å². The van der Waals surface area contributed by atoms with Gasteiger partial charge in [-0.3, -0.25) is 0 Å². The maximum Gasteiger partial charge on any atom is 0.0880 e. The molecule has 0 aromatic heterocycles. The van der Waals surface area contributed by atoms with Gasteiger partial charge in [-0.05, 0) is 31.2 Å². The molecule has 2 atom stereocenters. The molecule has 1 aromatic carbocycles. The van der Waals surface area contributed by atoms with Gasteiger partial charge in [0.2, 0.25) is 0 Å². The zero-order valence-electron chi connectivity index (χ0n) is 8.25. The smallest absolute Gasteiger partial charge is 0.0880 e. The fourth-order valence-corrected chi connectivity index (χ4v) is 2.36. The van der Waals surface area contributed by atoms with E-state index in [2.05, 4.69) is 0 Å². The van der Waals surface area contributed by atoms with E-state index in [1.54, 1.807) is 12.1 Å². The number of ether oxygens (including phenoxy) is 1. The van der Waals surface area contributed by atoms with Gasteiger partial charge in [-0.1, -0.05) is 23.2 Å². The molecule has 15 heavy (non-hydrogen) atoms. The first-order valence-corrected chi connectivity index (χ1v) is 5.74. The zero-order valence-corrected chi connectivity index (χ0v) is 9.76. The van der Waals surface area contributed by atoms with Crippen LogP contribution in [0.5, 0.6) is 0 Å². The standard InChI is InChI=1S/C11H13Cl2NO/c12-8-1-2-10(13)9(5-8)11-7(6-14)3-4-15-11/h1-2,5,7,11H,3-4,6,14H2. The Kier molecular flexibility index (Phi) is 3.52. The highest BCUT2D eigenvalue weighted by Gasteiger charge is 2.30. The number of halogens is 2. The summed E-state index contributed by atoms with van der Waals surface area (Å²) in [5, 5.41) is 1.38. The molecule has 4 heteroatoms. The normalized spacial score (nSPS) is 25.8. The van der Waals surface area contributed by atoms with Crippen LogP contribution in [0.4, 0.5) is 0 Å². The van der Waals surface area contributed by atoms with Gasteiger partial charge in [0.15, 0.2) is 0 Å². The SMILES string of the molecule is NCC1CCOC1c1cc(Cl)ccc1Cl. The molecular weight excluding hydrogens is 233 g/mol. The van der Waals surface area contributed by atoms with Crippen molar-refractivity contribution < 1.29 is 4.74 Å². The largest absolute Gasteiger partial charge is 0.373 e. The van der Waals surface area contributed by atoms with Crippen molar-refractivity contribution in [1.82, 2.24) is 0 Å². The summed E-state index contributed by atoms with van der Waals surface area (Å²) in [7, 11) is 0. The van der Waals surface area contributed by atoms with E-state index in [1.165, 1.54) is 0 Å².